The Morgan fingerprint density at radius 1 is 0.903 bits per heavy atom. The van der Waals surface area contributed by atoms with Gasteiger partial charge in [0.1, 0.15) is 11.3 Å². The Kier molecular flexibility index (Phi) is 6.68. The van der Waals surface area contributed by atoms with Crippen LogP contribution in [0.25, 0.3) is 0 Å². The molecular weight excluding hydrogens is 406 g/mol. The summed E-state index contributed by atoms with van der Waals surface area (Å²) in [6.45, 7) is 2.02. The zero-order valence-electron chi connectivity index (χ0n) is 17.9. The summed E-state index contributed by atoms with van der Waals surface area (Å²) in [5.41, 5.74) is 0.479. The second-order valence-corrected chi connectivity index (χ2v) is 6.78. The Hall–Kier alpha value is -3.69. The molecule has 1 fully saturated rings. The predicted octanol–water partition coefficient (Wildman–Crippen LogP) is 2.59. The van der Waals surface area contributed by atoms with E-state index >= 15 is 0 Å². The number of benzene rings is 2. The van der Waals surface area contributed by atoms with Gasteiger partial charge in [0.15, 0.2) is 5.75 Å². The highest BCUT2D eigenvalue weighted by molar-refractivity contribution is 6.00. The Bertz CT molecular complexity index is 954. The minimum atomic E-state index is -0.637. The summed E-state index contributed by atoms with van der Waals surface area (Å²) in [6.07, 6.45) is 0. The number of methoxy groups -OCH3 is 4. The van der Waals surface area contributed by atoms with E-state index in [1.165, 1.54) is 27.4 Å². The van der Waals surface area contributed by atoms with Gasteiger partial charge in [-0.3, -0.25) is 14.9 Å². The second kappa shape index (κ2) is 9.41. The van der Waals surface area contributed by atoms with Crippen LogP contribution in [0.3, 0.4) is 0 Å². The fraction of sp³-hybridized carbons (Fsp3) is 0.381. The van der Waals surface area contributed by atoms with E-state index in [0.717, 1.165) is 11.4 Å². The zero-order valence-corrected chi connectivity index (χ0v) is 17.9. The van der Waals surface area contributed by atoms with Crippen molar-refractivity contribution in [2.75, 3.05) is 59.5 Å². The summed E-state index contributed by atoms with van der Waals surface area (Å²) in [5.74, 6) is 0.419. The molecule has 0 aromatic heterocycles. The molecule has 1 aliphatic rings. The van der Waals surface area contributed by atoms with E-state index in [9.17, 15) is 14.9 Å². The smallest absolute Gasteiger partial charge is 0.327 e. The summed E-state index contributed by atoms with van der Waals surface area (Å²) in [4.78, 5) is 28.1. The van der Waals surface area contributed by atoms with Crippen LogP contribution in [0.5, 0.6) is 23.0 Å². The molecule has 1 aliphatic heterocycles. The molecule has 0 N–H and O–H groups in total. The van der Waals surface area contributed by atoms with Crippen molar-refractivity contribution in [3.63, 3.8) is 0 Å². The minimum absolute atomic E-state index is 0.0672. The molecule has 1 saturated heterocycles. The van der Waals surface area contributed by atoms with E-state index in [-0.39, 0.29) is 22.8 Å². The van der Waals surface area contributed by atoms with Crippen LogP contribution in [-0.2, 0) is 0 Å². The summed E-state index contributed by atoms with van der Waals surface area (Å²) in [6, 6.07) is 9.01. The number of ether oxygens (including phenoxy) is 4. The van der Waals surface area contributed by atoms with Gasteiger partial charge in [0.2, 0.25) is 11.5 Å². The second-order valence-electron chi connectivity index (χ2n) is 6.78. The average molecular weight is 431 g/mol. The molecule has 1 heterocycles. The maximum Gasteiger partial charge on any atom is 0.327 e. The third-order valence-corrected chi connectivity index (χ3v) is 5.22. The number of nitro benzene ring substituents is 1. The Balaban J connectivity index is 1.85. The highest BCUT2D eigenvalue weighted by Crippen LogP contribution is 2.46. The van der Waals surface area contributed by atoms with Gasteiger partial charge in [-0.1, -0.05) is 0 Å². The number of hydrogen-bond donors (Lipinski definition) is 0. The minimum Gasteiger partial charge on any atom is -0.497 e. The van der Waals surface area contributed by atoms with Gasteiger partial charge in [-0.2, -0.15) is 0 Å². The lowest BCUT2D eigenvalue weighted by atomic mass is 10.1. The molecule has 2 aromatic rings. The highest BCUT2D eigenvalue weighted by atomic mass is 16.6. The molecule has 10 nitrogen and oxygen atoms in total. The van der Waals surface area contributed by atoms with E-state index in [4.69, 9.17) is 18.9 Å². The monoisotopic (exact) mass is 431 g/mol. The number of hydrogen-bond acceptors (Lipinski definition) is 8. The summed E-state index contributed by atoms with van der Waals surface area (Å²) >= 11 is 0. The van der Waals surface area contributed by atoms with Gasteiger partial charge < -0.3 is 28.7 Å². The van der Waals surface area contributed by atoms with Crippen LogP contribution in [0.4, 0.5) is 11.4 Å². The largest absolute Gasteiger partial charge is 0.497 e. The molecular formula is C21H25N3O7. The Labute approximate surface area is 180 Å². The Morgan fingerprint density at radius 2 is 1.52 bits per heavy atom. The SMILES string of the molecule is COc1ccc(N2CCN(C(=O)c3cc(OC)c(OC)c(OC)c3[N+](=O)[O-])CC2)cc1. The molecule has 3 rings (SSSR count). The van der Waals surface area contributed by atoms with Crippen LogP contribution in [0.1, 0.15) is 10.4 Å². The van der Waals surface area contributed by atoms with Crippen molar-refractivity contribution in [3.8, 4) is 23.0 Å². The first-order valence-corrected chi connectivity index (χ1v) is 9.60. The van der Waals surface area contributed by atoms with Crippen molar-refractivity contribution in [2.24, 2.45) is 0 Å². The number of nitro groups is 1. The van der Waals surface area contributed by atoms with E-state index in [2.05, 4.69) is 4.90 Å². The summed E-state index contributed by atoms with van der Waals surface area (Å²) < 4.78 is 20.9. The molecule has 0 radical (unpaired) electrons. The Morgan fingerprint density at radius 3 is 2.00 bits per heavy atom. The van der Waals surface area contributed by atoms with Crippen molar-refractivity contribution >= 4 is 17.3 Å². The molecule has 1 amide bonds. The van der Waals surface area contributed by atoms with Crippen LogP contribution < -0.4 is 23.8 Å². The molecule has 0 spiro atoms. The normalized spacial score (nSPS) is 13.5. The lowest BCUT2D eigenvalue weighted by molar-refractivity contribution is -0.386. The van der Waals surface area contributed by atoms with Crippen LogP contribution in [0, 0.1) is 10.1 Å². The molecule has 0 aliphatic carbocycles. The number of anilines is 1. The third kappa shape index (κ3) is 4.27. The van der Waals surface area contributed by atoms with Gasteiger partial charge in [0, 0.05) is 37.9 Å². The van der Waals surface area contributed by atoms with E-state index in [1.54, 1.807) is 12.0 Å². The van der Waals surface area contributed by atoms with E-state index in [0.29, 0.717) is 26.2 Å². The van der Waals surface area contributed by atoms with E-state index < -0.39 is 16.5 Å². The van der Waals surface area contributed by atoms with Crippen LogP contribution in [0.15, 0.2) is 30.3 Å². The molecule has 166 valence electrons. The van der Waals surface area contributed by atoms with Crippen LogP contribution in [0.2, 0.25) is 0 Å². The van der Waals surface area contributed by atoms with Gasteiger partial charge in [-0.15, -0.1) is 0 Å². The lowest BCUT2D eigenvalue weighted by Crippen LogP contribution is -2.48. The van der Waals surface area contributed by atoms with Crippen molar-refractivity contribution in [1.82, 2.24) is 4.90 Å². The molecule has 0 atom stereocenters. The number of nitrogens with zero attached hydrogens (tertiary/aromatic N) is 3. The first-order chi connectivity index (χ1) is 14.9. The van der Waals surface area contributed by atoms with Gasteiger partial charge in [0.25, 0.3) is 5.91 Å². The van der Waals surface area contributed by atoms with Crippen molar-refractivity contribution < 1.29 is 28.7 Å². The highest BCUT2D eigenvalue weighted by Gasteiger charge is 2.35. The fourth-order valence-corrected chi connectivity index (χ4v) is 3.62. The quantitative estimate of drug-likeness (QED) is 0.487. The van der Waals surface area contributed by atoms with Crippen LogP contribution >= 0.6 is 0 Å². The average Bonchev–Trinajstić information content (AvgIpc) is 2.82. The zero-order chi connectivity index (χ0) is 22.5. The number of piperazine rings is 1. The predicted molar refractivity (Wildman–Crippen MR) is 114 cm³/mol. The summed E-state index contributed by atoms with van der Waals surface area (Å²) in [5, 5.41) is 11.8. The molecule has 0 saturated carbocycles. The number of carbonyl (C=O) groups is 1. The molecule has 10 heteroatoms. The topological polar surface area (TPSA) is 104 Å². The number of amides is 1. The number of rotatable bonds is 7. The fourth-order valence-electron chi connectivity index (χ4n) is 3.62. The third-order valence-electron chi connectivity index (χ3n) is 5.22. The van der Waals surface area contributed by atoms with Gasteiger partial charge in [0.05, 0.1) is 33.4 Å². The molecule has 2 aromatic carbocycles. The van der Waals surface area contributed by atoms with Gasteiger partial charge in [-0.25, -0.2) is 0 Å². The summed E-state index contributed by atoms with van der Waals surface area (Å²) in [7, 11) is 5.64. The molecule has 0 bridgehead atoms. The first-order valence-electron chi connectivity index (χ1n) is 9.60. The molecule has 0 unspecified atom stereocenters. The number of carbonyl (C=O) groups excluding carboxylic acids is 1. The van der Waals surface area contributed by atoms with Gasteiger partial charge in [-0.05, 0) is 24.3 Å². The maximum absolute atomic E-state index is 13.2. The lowest BCUT2D eigenvalue weighted by Gasteiger charge is -2.36. The standard InChI is InChI=1S/C21H25N3O7/c1-28-15-7-5-14(6-8-15)22-9-11-23(12-10-22)21(25)16-13-17(29-2)19(30-3)20(31-4)18(16)24(26)27/h5-8,13H,9-12H2,1-4H3. The van der Waals surface area contributed by atoms with Crippen molar-refractivity contribution in [1.29, 1.82) is 0 Å². The maximum atomic E-state index is 13.2. The molecule has 31 heavy (non-hydrogen) atoms. The van der Waals surface area contributed by atoms with E-state index in [1.807, 2.05) is 24.3 Å². The van der Waals surface area contributed by atoms with Crippen LogP contribution in [-0.4, -0.2) is 70.3 Å². The van der Waals surface area contributed by atoms with Gasteiger partial charge >= 0.3 is 5.69 Å². The van der Waals surface area contributed by atoms with Crippen molar-refractivity contribution in [2.45, 2.75) is 0 Å². The van der Waals surface area contributed by atoms with Crippen molar-refractivity contribution in [3.05, 3.63) is 46.0 Å². The first kappa shape index (κ1) is 22.0.